The van der Waals surface area contributed by atoms with Crippen molar-refractivity contribution in [2.24, 2.45) is 22.7 Å². The molecule has 0 amide bonds. The molecule has 2 N–H and O–H groups in total. The molecular weight excluding hydrogens is 1260 g/mol. The number of hydrazone groups is 1. The van der Waals surface area contributed by atoms with Crippen LogP contribution in [0, 0.1) is 19.3 Å². The predicted octanol–water partition coefficient (Wildman–Crippen LogP) is 10.0. The van der Waals surface area contributed by atoms with Gasteiger partial charge < -0.3 is 34.0 Å². The van der Waals surface area contributed by atoms with Crippen molar-refractivity contribution in [1.29, 1.82) is 0 Å². The molecule has 1 unspecified atom stereocenters. The zero-order valence-electron chi connectivity index (χ0n) is 51.3. The first-order chi connectivity index (χ1) is 41.8. The number of aryl methyl sites for hydroxylation is 4. The van der Waals surface area contributed by atoms with Gasteiger partial charge in [-0.2, -0.15) is 5.10 Å². The number of ether oxygens (including phenoxy) is 4. The van der Waals surface area contributed by atoms with E-state index in [1.54, 1.807) is 55.3 Å². The van der Waals surface area contributed by atoms with Crippen LogP contribution in [0.4, 0.5) is 5.69 Å². The van der Waals surface area contributed by atoms with E-state index in [0.717, 1.165) is 35.8 Å². The Bertz CT molecular complexity index is 3990. The van der Waals surface area contributed by atoms with E-state index in [2.05, 4.69) is 53.2 Å². The Hall–Kier alpha value is -7.61. The highest BCUT2D eigenvalue weighted by Gasteiger charge is 2.50. The molecule has 0 fully saturated rings. The van der Waals surface area contributed by atoms with Crippen LogP contribution in [0.15, 0.2) is 85.5 Å². The molecule has 3 aromatic heterocycles. The van der Waals surface area contributed by atoms with E-state index >= 15 is 0 Å². The van der Waals surface area contributed by atoms with Crippen LogP contribution < -0.4 is 20.9 Å². The van der Waals surface area contributed by atoms with Crippen LogP contribution in [-0.4, -0.2) is 124 Å². The number of carboxylic acids is 1. The van der Waals surface area contributed by atoms with Gasteiger partial charge in [0.05, 0.1) is 71.3 Å². The molecule has 0 bridgehead atoms. The Morgan fingerprint density at radius 3 is 1.97 bits per heavy atom. The van der Waals surface area contributed by atoms with Gasteiger partial charge in [-0.1, -0.05) is 83.1 Å². The number of carbonyl (C=O) groups is 5. The van der Waals surface area contributed by atoms with Crippen LogP contribution in [0.5, 0.6) is 5.88 Å². The van der Waals surface area contributed by atoms with E-state index < -0.39 is 50.0 Å². The summed E-state index contributed by atoms with van der Waals surface area (Å²) >= 11 is 23.1. The van der Waals surface area contributed by atoms with E-state index in [0.29, 0.717) is 83.3 Å². The number of sulfone groups is 1. The lowest BCUT2D eigenvalue weighted by atomic mass is 9.91. The van der Waals surface area contributed by atoms with Gasteiger partial charge in [0.25, 0.3) is 11.1 Å². The maximum Gasteiger partial charge on any atom is 0.356 e. The third kappa shape index (κ3) is 16.2. The molecule has 9 rings (SSSR count). The molecular formula is C61H70Cl4N8O15S. The van der Waals surface area contributed by atoms with Crippen molar-refractivity contribution in [3.63, 3.8) is 0 Å². The lowest BCUT2D eigenvalue weighted by molar-refractivity contribution is -0.148. The highest BCUT2D eigenvalue weighted by atomic mass is 35.5. The van der Waals surface area contributed by atoms with Crippen LogP contribution >= 0.6 is 46.4 Å². The standard InChI is InChI=1S/C23H32N2O4.C16H18Cl2N2O4.C16H17N3O5S.C6H3Cl2NO2/c1-7-16-13-15(3)14-17(8-2)18(16)19-20(26)24-9-11-28-12-10-25(24)21(19)29-22(27)23(4,5)6;1-4-23-14(21)12-9-16(3,15(22)24-5-2)20(19-12)13-7-6-10(17)8-11(13)18;1-9-10(15(20)11-8-17-19(2)16(11)21)4-5-13(25(3,22)23)14(9)12-6-7-24-18-12;7-3-1-2-4(8)9-5(3)6(10)11/h13-14H,7-12H2,1-6H3;6-8H,4-5,9H2,1-3H3;4-5,8,17H,6-7H2,1-3H3;1-2H,(H,10,11). The summed E-state index contributed by atoms with van der Waals surface area (Å²) in [6, 6.07) is 14.7. The number of hydrogen-bond donors (Lipinski definition) is 2. The number of halogens is 4. The minimum atomic E-state index is -3.52. The highest BCUT2D eigenvalue weighted by Crippen LogP contribution is 2.40. The number of anilines is 1. The molecule has 6 heterocycles. The number of esters is 3. The first kappa shape index (κ1) is 70.5. The van der Waals surface area contributed by atoms with Crippen LogP contribution in [0.3, 0.4) is 0 Å². The van der Waals surface area contributed by atoms with Crippen LogP contribution in [0.1, 0.15) is 122 Å². The monoisotopic (exact) mass is 1330 g/mol. The summed E-state index contributed by atoms with van der Waals surface area (Å²) in [5, 5.41) is 21.7. The molecule has 0 radical (unpaired) electrons. The smallest absolute Gasteiger partial charge is 0.356 e. The molecule has 89 heavy (non-hydrogen) atoms. The summed E-state index contributed by atoms with van der Waals surface area (Å²) in [5.41, 5.74) is 4.28. The first-order valence-electron chi connectivity index (χ1n) is 28.1. The lowest BCUT2D eigenvalue weighted by Gasteiger charge is -2.32. The van der Waals surface area contributed by atoms with Crippen molar-refractivity contribution in [2.75, 3.05) is 44.3 Å². The van der Waals surface area contributed by atoms with Crippen molar-refractivity contribution in [3.8, 4) is 17.0 Å². The minimum absolute atomic E-state index is 0.00623. The van der Waals surface area contributed by atoms with Gasteiger partial charge in [0, 0.05) is 48.5 Å². The van der Waals surface area contributed by atoms with Gasteiger partial charge in [-0.15, -0.1) is 0 Å². The van der Waals surface area contributed by atoms with Gasteiger partial charge in [0.2, 0.25) is 5.88 Å². The number of aromatic amines is 1. The number of aromatic nitrogens is 5. The fourth-order valence-electron chi connectivity index (χ4n) is 9.63. The van der Waals surface area contributed by atoms with Gasteiger partial charge in [0.15, 0.2) is 26.9 Å². The zero-order chi connectivity index (χ0) is 66.0. The van der Waals surface area contributed by atoms with E-state index in [-0.39, 0.29) is 68.8 Å². The number of aromatic carboxylic acids is 1. The van der Waals surface area contributed by atoms with Gasteiger partial charge >= 0.3 is 23.9 Å². The molecule has 1 atom stereocenters. The average Bonchev–Trinajstić information content (AvgIpc) is 1.70. The second kappa shape index (κ2) is 29.8. The molecule has 3 aliphatic rings. The molecule has 3 aliphatic heterocycles. The van der Waals surface area contributed by atoms with Crippen molar-refractivity contribution in [3.05, 3.63) is 146 Å². The van der Waals surface area contributed by atoms with E-state index in [4.69, 9.17) is 75.3 Å². The fraction of sp³-hybridized carbons (Fsp3) is 0.410. The summed E-state index contributed by atoms with van der Waals surface area (Å²) in [6.07, 6.45) is 4.54. The van der Waals surface area contributed by atoms with Crippen LogP contribution in [-0.2, 0) is 76.2 Å². The summed E-state index contributed by atoms with van der Waals surface area (Å²) < 4.78 is 50.5. The van der Waals surface area contributed by atoms with Crippen LogP contribution in [0.25, 0.3) is 11.1 Å². The van der Waals surface area contributed by atoms with Crippen LogP contribution in [0.2, 0.25) is 20.2 Å². The van der Waals surface area contributed by atoms with Gasteiger partial charge in [-0.25, -0.2) is 42.2 Å². The average molecular weight is 1330 g/mol. The number of carboxylic acid groups (broad SMARTS) is 1. The minimum Gasteiger partial charge on any atom is -0.476 e. The Balaban J connectivity index is 0.000000197. The summed E-state index contributed by atoms with van der Waals surface area (Å²) in [6.45, 7) is 21.0. The third-order valence-corrected chi connectivity index (χ3v) is 16.3. The largest absolute Gasteiger partial charge is 0.476 e. The Morgan fingerprint density at radius 1 is 0.798 bits per heavy atom. The zero-order valence-corrected chi connectivity index (χ0v) is 55.1. The molecule has 0 spiro atoms. The molecule has 3 aromatic carbocycles. The Kier molecular flexibility index (Phi) is 23.6. The Morgan fingerprint density at radius 2 is 1.44 bits per heavy atom. The molecule has 0 aliphatic carbocycles. The number of fused-ring (bicyclic) bond motifs is 1. The number of benzene rings is 3. The summed E-state index contributed by atoms with van der Waals surface area (Å²) in [7, 11) is -2.02. The van der Waals surface area contributed by atoms with Gasteiger partial charge in [0.1, 0.15) is 28.6 Å². The number of nitrogens with one attached hydrogen (secondary N) is 1. The van der Waals surface area contributed by atoms with Crippen molar-refractivity contribution >= 4 is 103 Å². The quantitative estimate of drug-likeness (QED) is 0.0582. The van der Waals surface area contributed by atoms with E-state index in [1.165, 1.54) is 52.8 Å². The summed E-state index contributed by atoms with van der Waals surface area (Å²) in [5.74, 6) is -2.74. The molecule has 0 saturated heterocycles. The molecule has 6 aromatic rings. The molecule has 28 heteroatoms. The predicted molar refractivity (Wildman–Crippen MR) is 338 cm³/mol. The van der Waals surface area contributed by atoms with Gasteiger partial charge in [-0.05, 0) is 133 Å². The van der Waals surface area contributed by atoms with E-state index in [9.17, 15) is 42.0 Å². The van der Waals surface area contributed by atoms with E-state index in [1.807, 2.05) is 20.8 Å². The number of oxime groups is 1. The summed E-state index contributed by atoms with van der Waals surface area (Å²) in [4.78, 5) is 94.6. The first-order valence-corrected chi connectivity index (χ1v) is 31.6. The number of ketones is 1. The fourth-order valence-corrected chi connectivity index (χ4v) is 11.4. The number of carbonyl (C=O) groups excluding carboxylic acids is 4. The normalized spacial score (nSPS) is 15.3. The second-order valence-corrected chi connectivity index (χ2v) is 25.3. The lowest BCUT2D eigenvalue weighted by Crippen LogP contribution is -2.48. The number of H-pyrrole nitrogens is 1. The number of hydrogen-bond acceptors (Lipinski definition) is 18. The number of nitrogens with zero attached hydrogens (tertiary/aromatic N) is 7. The highest BCUT2D eigenvalue weighted by molar-refractivity contribution is 7.90. The third-order valence-electron chi connectivity index (χ3n) is 14.1. The molecule has 0 saturated carbocycles. The maximum absolute atomic E-state index is 13.5. The SMILES string of the molecule is CCOC(=O)C1=NN(c2ccc(Cl)cc2Cl)C(C)(C(=O)OCC)C1.CCc1cc(C)cc(CC)c1-c1c(OC(=O)C(C)(C)C)n2n(c1=O)CCOCC2.Cc1c(C(=O)c2c[nH]n(C)c2=O)ccc(S(C)(=O)=O)c1C1=NOCC1.O=C(O)c1nc(Cl)ccc1Cl. The number of rotatable bonds is 14. The second-order valence-electron chi connectivity index (χ2n) is 21.6. The molecule has 478 valence electrons. The topological polar surface area (TPSA) is 291 Å². The Labute approximate surface area is 534 Å². The van der Waals surface area contributed by atoms with Crippen molar-refractivity contribution in [1.82, 2.24) is 24.1 Å². The van der Waals surface area contributed by atoms with Crippen molar-refractivity contribution in [2.45, 2.75) is 118 Å². The van der Waals surface area contributed by atoms with Crippen molar-refractivity contribution < 1.29 is 61.3 Å². The van der Waals surface area contributed by atoms with Gasteiger partial charge in [-0.3, -0.25) is 23.9 Å². The number of pyridine rings is 1. The molecule has 23 nitrogen and oxygen atoms in total. The maximum atomic E-state index is 13.5.